The van der Waals surface area contributed by atoms with E-state index in [1.165, 1.54) is 18.2 Å². The third-order valence-electron chi connectivity index (χ3n) is 1.78. The number of aliphatic hydroxyl groups excluding tert-OH is 1. The zero-order valence-electron chi connectivity index (χ0n) is 7.93. The highest BCUT2D eigenvalue weighted by Crippen LogP contribution is 2.19. The fourth-order valence-electron chi connectivity index (χ4n) is 1.12. The summed E-state index contributed by atoms with van der Waals surface area (Å²) in [6.45, 7) is -0.153. The first-order valence-corrected chi connectivity index (χ1v) is 4.26. The number of nitro groups is 1. The molecule has 0 spiro atoms. The summed E-state index contributed by atoms with van der Waals surface area (Å²) in [5, 5.41) is 19.5. The van der Waals surface area contributed by atoms with Crippen LogP contribution >= 0.6 is 0 Å². The van der Waals surface area contributed by atoms with E-state index < -0.39 is 4.92 Å². The number of hydrogen-bond acceptors (Lipinski definition) is 4. The molecule has 0 aliphatic carbocycles. The van der Waals surface area contributed by atoms with Crippen molar-refractivity contribution in [2.75, 3.05) is 6.54 Å². The van der Waals surface area contributed by atoms with Crippen LogP contribution in [0.5, 0.6) is 0 Å². The van der Waals surface area contributed by atoms with E-state index in [9.17, 15) is 10.1 Å². The van der Waals surface area contributed by atoms with E-state index in [2.05, 4.69) is 11.8 Å². The van der Waals surface area contributed by atoms with Crippen molar-refractivity contribution in [3.63, 3.8) is 0 Å². The number of benzene rings is 1. The zero-order valence-corrected chi connectivity index (χ0v) is 7.93. The summed E-state index contributed by atoms with van der Waals surface area (Å²) in [5.41, 5.74) is 5.95. The molecule has 0 saturated carbocycles. The first-order chi connectivity index (χ1) is 7.19. The quantitative estimate of drug-likeness (QED) is 0.416. The topological polar surface area (TPSA) is 89.4 Å². The second kappa shape index (κ2) is 5.10. The summed E-state index contributed by atoms with van der Waals surface area (Å²) in [7, 11) is 0. The van der Waals surface area contributed by atoms with Gasteiger partial charge in [0.25, 0.3) is 5.69 Å². The first-order valence-electron chi connectivity index (χ1n) is 4.26. The lowest BCUT2D eigenvalue weighted by Gasteiger charge is -1.99. The van der Waals surface area contributed by atoms with Gasteiger partial charge in [0.1, 0.15) is 0 Å². The summed E-state index contributed by atoms with van der Waals surface area (Å²) in [5.74, 6) is 5.37. The van der Waals surface area contributed by atoms with Crippen molar-refractivity contribution in [1.29, 1.82) is 0 Å². The lowest BCUT2D eigenvalue weighted by molar-refractivity contribution is -0.385. The molecule has 0 unspecified atom stereocenters. The Morgan fingerprint density at radius 2 is 2.27 bits per heavy atom. The molecular formula is C10H10N2O3. The monoisotopic (exact) mass is 206 g/mol. The van der Waals surface area contributed by atoms with Gasteiger partial charge in [-0.15, -0.1) is 0 Å². The lowest BCUT2D eigenvalue weighted by atomic mass is 10.1. The van der Waals surface area contributed by atoms with Crippen LogP contribution in [0.3, 0.4) is 0 Å². The van der Waals surface area contributed by atoms with Crippen LogP contribution in [0.2, 0.25) is 0 Å². The van der Waals surface area contributed by atoms with E-state index in [0.717, 1.165) is 0 Å². The molecule has 0 bridgehead atoms. The van der Waals surface area contributed by atoms with Gasteiger partial charge in [-0.3, -0.25) is 10.1 Å². The van der Waals surface area contributed by atoms with Gasteiger partial charge in [0.15, 0.2) is 0 Å². The maximum Gasteiger partial charge on any atom is 0.274 e. The van der Waals surface area contributed by atoms with Crippen molar-refractivity contribution in [2.45, 2.75) is 6.61 Å². The Bertz CT molecular complexity index is 432. The van der Waals surface area contributed by atoms with Crippen molar-refractivity contribution >= 4 is 5.69 Å². The van der Waals surface area contributed by atoms with Gasteiger partial charge in [-0.2, -0.15) is 0 Å². The van der Waals surface area contributed by atoms with Crippen LogP contribution in [0.25, 0.3) is 0 Å². The van der Waals surface area contributed by atoms with E-state index in [-0.39, 0.29) is 24.4 Å². The largest absolute Gasteiger partial charge is 0.391 e. The fourth-order valence-corrected chi connectivity index (χ4v) is 1.12. The molecule has 0 atom stereocenters. The molecule has 0 fully saturated rings. The van der Waals surface area contributed by atoms with Gasteiger partial charge in [-0.1, -0.05) is 11.8 Å². The Kier molecular flexibility index (Phi) is 3.80. The summed E-state index contributed by atoms with van der Waals surface area (Å²) >= 11 is 0. The molecule has 1 aromatic carbocycles. The smallest absolute Gasteiger partial charge is 0.274 e. The molecule has 0 saturated heterocycles. The van der Waals surface area contributed by atoms with E-state index in [1.807, 2.05) is 0 Å². The van der Waals surface area contributed by atoms with E-state index in [0.29, 0.717) is 5.56 Å². The Morgan fingerprint density at radius 1 is 1.53 bits per heavy atom. The van der Waals surface area contributed by atoms with Gasteiger partial charge in [-0.25, -0.2) is 0 Å². The molecule has 3 N–H and O–H groups in total. The lowest BCUT2D eigenvalue weighted by Crippen LogP contribution is -1.96. The molecule has 1 rings (SSSR count). The molecule has 15 heavy (non-hydrogen) atoms. The van der Waals surface area contributed by atoms with E-state index in [4.69, 9.17) is 10.8 Å². The second-order valence-corrected chi connectivity index (χ2v) is 2.76. The maximum atomic E-state index is 10.5. The minimum absolute atomic E-state index is 0.101. The Balaban J connectivity index is 3.13. The Hall–Kier alpha value is -1.90. The summed E-state index contributed by atoms with van der Waals surface area (Å²) in [6, 6.07) is 4.34. The van der Waals surface area contributed by atoms with Gasteiger partial charge in [-0.05, 0) is 12.1 Å². The minimum atomic E-state index is -0.536. The Morgan fingerprint density at radius 3 is 2.80 bits per heavy atom. The van der Waals surface area contributed by atoms with E-state index >= 15 is 0 Å². The zero-order chi connectivity index (χ0) is 11.3. The maximum absolute atomic E-state index is 10.5. The van der Waals surface area contributed by atoms with Crippen molar-refractivity contribution in [3.8, 4) is 11.8 Å². The highest BCUT2D eigenvalue weighted by atomic mass is 16.6. The summed E-state index contributed by atoms with van der Waals surface area (Å²) in [6.07, 6.45) is 0. The third-order valence-corrected chi connectivity index (χ3v) is 1.78. The summed E-state index contributed by atoms with van der Waals surface area (Å²) < 4.78 is 0. The molecule has 0 radical (unpaired) electrons. The molecule has 0 heterocycles. The van der Waals surface area contributed by atoms with Crippen LogP contribution in [0, 0.1) is 22.0 Å². The molecule has 5 nitrogen and oxygen atoms in total. The van der Waals surface area contributed by atoms with Gasteiger partial charge >= 0.3 is 0 Å². The van der Waals surface area contributed by atoms with Gasteiger partial charge in [0.05, 0.1) is 23.6 Å². The van der Waals surface area contributed by atoms with Crippen LogP contribution < -0.4 is 5.73 Å². The predicted molar refractivity (Wildman–Crippen MR) is 55.0 cm³/mol. The fraction of sp³-hybridized carbons (Fsp3) is 0.200. The average molecular weight is 206 g/mol. The molecule has 0 amide bonds. The normalized spacial score (nSPS) is 9.20. The molecule has 5 heteroatoms. The first kappa shape index (κ1) is 11.2. The SMILES string of the molecule is NCC#Cc1ccc([N+](=O)[O-])c(CO)c1. The highest BCUT2D eigenvalue weighted by Gasteiger charge is 2.12. The average Bonchev–Trinajstić information content (AvgIpc) is 2.25. The molecule has 0 aliphatic heterocycles. The third kappa shape index (κ3) is 2.77. The minimum Gasteiger partial charge on any atom is -0.391 e. The predicted octanol–water partition coefficient (Wildman–Crippen LogP) is 0.397. The Labute approximate surface area is 86.7 Å². The highest BCUT2D eigenvalue weighted by molar-refractivity contribution is 5.47. The van der Waals surface area contributed by atoms with Gasteiger partial charge in [0.2, 0.25) is 0 Å². The standard InChI is InChI=1S/C10H10N2O3/c11-5-1-2-8-3-4-10(12(14)15)9(6-8)7-13/h3-4,6,13H,5,7,11H2. The molecule has 78 valence electrons. The van der Waals surface area contributed by atoms with Crippen LogP contribution in [-0.4, -0.2) is 16.6 Å². The van der Waals surface area contributed by atoms with Crippen LogP contribution in [0.4, 0.5) is 5.69 Å². The van der Waals surface area contributed by atoms with Gasteiger partial charge < -0.3 is 10.8 Å². The molecule has 0 aliphatic rings. The molecule has 1 aromatic rings. The van der Waals surface area contributed by atoms with Crippen LogP contribution in [0.15, 0.2) is 18.2 Å². The van der Waals surface area contributed by atoms with Crippen LogP contribution in [-0.2, 0) is 6.61 Å². The second-order valence-electron chi connectivity index (χ2n) is 2.76. The molecule has 0 aromatic heterocycles. The number of hydrogen-bond donors (Lipinski definition) is 2. The number of aliphatic hydroxyl groups is 1. The van der Waals surface area contributed by atoms with Crippen molar-refractivity contribution in [3.05, 3.63) is 39.4 Å². The van der Waals surface area contributed by atoms with Crippen LogP contribution in [0.1, 0.15) is 11.1 Å². The van der Waals surface area contributed by atoms with E-state index in [1.54, 1.807) is 0 Å². The van der Waals surface area contributed by atoms with Crippen molar-refractivity contribution in [1.82, 2.24) is 0 Å². The van der Waals surface area contributed by atoms with Crippen molar-refractivity contribution < 1.29 is 10.0 Å². The molecular weight excluding hydrogens is 196 g/mol. The number of nitro benzene ring substituents is 1. The summed E-state index contributed by atoms with van der Waals surface area (Å²) in [4.78, 5) is 10.0. The number of nitrogens with zero attached hydrogens (tertiary/aromatic N) is 1. The number of nitrogens with two attached hydrogens (primary N) is 1. The van der Waals surface area contributed by atoms with Gasteiger partial charge in [0, 0.05) is 11.6 Å². The van der Waals surface area contributed by atoms with Crippen molar-refractivity contribution in [2.24, 2.45) is 5.73 Å². The number of rotatable bonds is 2.